The molecular weight excluding hydrogens is 214 g/mol. The van der Waals surface area contributed by atoms with Crippen LogP contribution in [0.25, 0.3) is 0 Å². The van der Waals surface area contributed by atoms with Crippen molar-refractivity contribution in [3.63, 3.8) is 0 Å². The Bertz CT molecular complexity index is 376. The summed E-state index contributed by atoms with van der Waals surface area (Å²) in [7, 11) is 0. The van der Waals surface area contributed by atoms with E-state index in [4.69, 9.17) is 5.73 Å². The van der Waals surface area contributed by atoms with E-state index in [0.717, 1.165) is 5.56 Å². The van der Waals surface area contributed by atoms with E-state index in [1.807, 2.05) is 51.1 Å². The number of aliphatic hydroxyl groups excluding tert-OH is 1. The van der Waals surface area contributed by atoms with Gasteiger partial charge in [-0.1, -0.05) is 30.3 Å². The Labute approximate surface area is 103 Å². The lowest BCUT2D eigenvalue weighted by Gasteiger charge is -2.30. The fraction of sp³-hybridized carbons (Fsp3) is 0.462. The van der Waals surface area contributed by atoms with E-state index < -0.39 is 5.54 Å². The summed E-state index contributed by atoms with van der Waals surface area (Å²) in [6.45, 7) is 5.75. The standard InChI is InChI=1S/C13H21N3O/c1-10(2)15-12(14)16-13(3,9-17)11-7-5-4-6-8-11/h4-8,10,17H,9H2,1-3H3,(H3,14,15,16). The molecular formula is C13H21N3O. The van der Waals surface area contributed by atoms with Gasteiger partial charge in [0.25, 0.3) is 0 Å². The molecule has 4 heteroatoms. The van der Waals surface area contributed by atoms with Crippen molar-refractivity contribution in [1.82, 2.24) is 5.32 Å². The van der Waals surface area contributed by atoms with Crippen LogP contribution in [0, 0.1) is 0 Å². The van der Waals surface area contributed by atoms with Crippen LogP contribution < -0.4 is 11.1 Å². The van der Waals surface area contributed by atoms with Crippen molar-refractivity contribution in [2.24, 2.45) is 10.7 Å². The van der Waals surface area contributed by atoms with Gasteiger partial charge in [-0.05, 0) is 26.3 Å². The van der Waals surface area contributed by atoms with Gasteiger partial charge in [-0.15, -0.1) is 0 Å². The number of nitrogens with zero attached hydrogens (tertiary/aromatic N) is 1. The molecule has 0 saturated heterocycles. The Morgan fingerprint density at radius 1 is 1.41 bits per heavy atom. The molecule has 0 spiro atoms. The lowest BCUT2D eigenvalue weighted by atomic mass is 9.93. The molecule has 0 fully saturated rings. The molecule has 0 saturated carbocycles. The third-order valence-corrected chi connectivity index (χ3v) is 2.53. The van der Waals surface area contributed by atoms with Crippen LogP contribution in [0.15, 0.2) is 35.3 Å². The molecule has 0 aliphatic heterocycles. The Balaban J connectivity index is 2.91. The molecule has 0 aromatic heterocycles. The van der Waals surface area contributed by atoms with E-state index in [1.54, 1.807) is 0 Å². The van der Waals surface area contributed by atoms with Crippen LogP contribution >= 0.6 is 0 Å². The second-order valence-electron chi connectivity index (χ2n) is 4.59. The average Bonchev–Trinajstić information content (AvgIpc) is 2.29. The van der Waals surface area contributed by atoms with E-state index in [9.17, 15) is 5.11 Å². The molecule has 1 rings (SSSR count). The number of rotatable bonds is 4. The minimum Gasteiger partial charge on any atom is -0.394 e. The van der Waals surface area contributed by atoms with Gasteiger partial charge in [0.1, 0.15) is 0 Å². The number of hydrogen-bond donors (Lipinski definition) is 3. The summed E-state index contributed by atoms with van der Waals surface area (Å²) in [5.41, 5.74) is 6.17. The van der Waals surface area contributed by atoms with Crippen molar-refractivity contribution in [1.29, 1.82) is 0 Å². The summed E-state index contributed by atoms with van der Waals surface area (Å²) in [5.74, 6) is 0.348. The number of benzene rings is 1. The van der Waals surface area contributed by atoms with Crippen molar-refractivity contribution >= 4 is 5.96 Å². The molecule has 1 aromatic carbocycles. The molecule has 94 valence electrons. The molecule has 17 heavy (non-hydrogen) atoms. The molecule has 1 unspecified atom stereocenters. The lowest BCUT2D eigenvalue weighted by Crippen LogP contribution is -2.49. The van der Waals surface area contributed by atoms with Gasteiger partial charge in [0.05, 0.1) is 12.1 Å². The van der Waals surface area contributed by atoms with Gasteiger partial charge in [0, 0.05) is 6.04 Å². The molecule has 0 radical (unpaired) electrons. The molecule has 4 nitrogen and oxygen atoms in total. The number of aliphatic imine (C=N–C) groups is 1. The second kappa shape index (κ2) is 5.68. The Morgan fingerprint density at radius 2 is 2.00 bits per heavy atom. The van der Waals surface area contributed by atoms with Crippen LogP contribution in [0.2, 0.25) is 0 Å². The first-order chi connectivity index (χ1) is 7.98. The van der Waals surface area contributed by atoms with Gasteiger partial charge in [0.2, 0.25) is 0 Å². The SMILES string of the molecule is CC(C)N=C(N)NC(C)(CO)c1ccccc1. The molecule has 1 atom stereocenters. The molecule has 0 heterocycles. The Morgan fingerprint density at radius 3 is 2.47 bits per heavy atom. The molecule has 0 amide bonds. The first-order valence-electron chi connectivity index (χ1n) is 5.76. The van der Waals surface area contributed by atoms with Crippen molar-refractivity contribution in [2.75, 3.05) is 6.61 Å². The smallest absolute Gasteiger partial charge is 0.189 e. The number of aliphatic hydroxyl groups is 1. The quantitative estimate of drug-likeness (QED) is 0.542. The van der Waals surface area contributed by atoms with Gasteiger partial charge < -0.3 is 16.2 Å². The topological polar surface area (TPSA) is 70.6 Å². The highest BCUT2D eigenvalue weighted by Gasteiger charge is 2.25. The van der Waals surface area contributed by atoms with E-state index in [2.05, 4.69) is 10.3 Å². The summed E-state index contributed by atoms with van der Waals surface area (Å²) < 4.78 is 0. The first-order valence-corrected chi connectivity index (χ1v) is 5.76. The maximum absolute atomic E-state index is 9.55. The van der Waals surface area contributed by atoms with Gasteiger partial charge in [-0.2, -0.15) is 0 Å². The molecule has 4 N–H and O–H groups in total. The number of nitrogens with one attached hydrogen (secondary N) is 1. The predicted molar refractivity (Wildman–Crippen MR) is 70.8 cm³/mol. The Hall–Kier alpha value is -1.55. The minimum atomic E-state index is -0.607. The van der Waals surface area contributed by atoms with Crippen LogP contribution in [-0.4, -0.2) is 23.7 Å². The fourth-order valence-electron chi connectivity index (χ4n) is 1.60. The van der Waals surface area contributed by atoms with E-state index >= 15 is 0 Å². The van der Waals surface area contributed by atoms with Gasteiger partial charge >= 0.3 is 0 Å². The van der Waals surface area contributed by atoms with Crippen LogP contribution in [0.4, 0.5) is 0 Å². The highest BCUT2D eigenvalue weighted by atomic mass is 16.3. The first kappa shape index (κ1) is 13.5. The van der Waals surface area contributed by atoms with Crippen LogP contribution in [0.3, 0.4) is 0 Å². The number of guanidine groups is 1. The van der Waals surface area contributed by atoms with E-state index in [1.165, 1.54) is 0 Å². The normalized spacial score (nSPS) is 15.7. The van der Waals surface area contributed by atoms with Crippen molar-refractivity contribution in [3.8, 4) is 0 Å². The van der Waals surface area contributed by atoms with Gasteiger partial charge in [-0.3, -0.25) is 4.99 Å². The zero-order chi connectivity index (χ0) is 12.9. The van der Waals surface area contributed by atoms with E-state index in [0.29, 0.717) is 5.96 Å². The number of nitrogens with two attached hydrogens (primary N) is 1. The highest BCUT2D eigenvalue weighted by Crippen LogP contribution is 2.19. The van der Waals surface area contributed by atoms with Crippen LogP contribution in [0.1, 0.15) is 26.3 Å². The maximum Gasteiger partial charge on any atom is 0.189 e. The van der Waals surface area contributed by atoms with Crippen molar-refractivity contribution < 1.29 is 5.11 Å². The van der Waals surface area contributed by atoms with Crippen molar-refractivity contribution in [3.05, 3.63) is 35.9 Å². The molecule has 0 aliphatic rings. The zero-order valence-corrected chi connectivity index (χ0v) is 10.6. The maximum atomic E-state index is 9.55. The molecule has 0 bridgehead atoms. The fourth-order valence-corrected chi connectivity index (χ4v) is 1.60. The van der Waals surface area contributed by atoms with Crippen molar-refractivity contribution in [2.45, 2.75) is 32.4 Å². The zero-order valence-electron chi connectivity index (χ0n) is 10.6. The summed E-state index contributed by atoms with van der Waals surface area (Å²) in [6, 6.07) is 9.83. The minimum absolute atomic E-state index is 0.0503. The van der Waals surface area contributed by atoms with Gasteiger partial charge in [0.15, 0.2) is 5.96 Å². The lowest BCUT2D eigenvalue weighted by molar-refractivity contribution is 0.193. The third kappa shape index (κ3) is 3.75. The Kier molecular flexibility index (Phi) is 4.52. The highest BCUT2D eigenvalue weighted by molar-refractivity contribution is 5.79. The molecule has 1 aromatic rings. The summed E-state index contributed by atoms with van der Waals surface area (Å²) in [5, 5.41) is 12.6. The average molecular weight is 235 g/mol. The van der Waals surface area contributed by atoms with Crippen LogP contribution in [-0.2, 0) is 5.54 Å². The summed E-state index contributed by atoms with van der Waals surface area (Å²) >= 11 is 0. The number of hydrogen-bond acceptors (Lipinski definition) is 2. The monoisotopic (exact) mass is 235 g/mol. The largest absolute Gasteiger partial charge is 0.394 e. The second-order valence-corrected chi connectivity index (χ2v) is 4.59. The van der Waals surface area contributed by atoms with Crippen LogP contribution in [0.5, 0.6) is 0 Å². The molecule has 0 aliphatic carbocycles. The third-order valence-electron chi connectivity index (χ3n) is 2.53. The summed E-state index contributed by atoms with van der Waals surface area (Å²) in [4.78, 5) is 4.21. The predicted octanol–water partition coefficient (Wildman–Crippen LogP) is 1.21. The summed E-state index contributed by atoms with van der Waals surface area (Å²) in [6.07, 6.45) is 0. The van der Waals surface area contributed by atoms with E-state index in [-0.39, 0.29) is 12.6 Å². The van der Waals surface area contributed by atoms with Gasteiger partial charge in [-0.25, -0.2) is 0 Å².